The molecule has 7 N–H and O–H groups in total. The summed E-state index contributed by atoms with van der Waals surface area (Å²) in [5.74, 6) is 5.03. The van der Waals surface area contributed by atoms with E-state index >= 15 is 0 Å². The Kier molecular flexibility index (Phi) is 10.1. The Balaban J connectivity index is 3.22. The summed E-state index contributed by atoms with van der Waals surface area (Å²) in [5, 5.41) is 8.35. The van der Waals surface area contributed by atoms with Gasteiger partial charge in [0.25, 0.3) is 0 Å². The van der Waals surface area contributed by atoms with Gasteiger partial charge in [0.1, 0.15) is 0 Å². The summed E-state index contributed by atoms with van der Waals surface area (Å²) < 4.78 is 0. The monoisotopic (exact) mass is 230 g/mol. The van der Waals surface area contributed by atoms with Gasteiger partial charge in [-0.2, -0.15) is 10.7 Å². The molecule has 16 heavy (non-hydrogen) atoms. The summed E-state index contributed by atoms with van der Waals surface area (Å²) in [6, 6.07) is 0. The maximum Gasteiger partial charge on any atom is 0.219 e. The first-order chi connectivity index (χ1) is 7.72. The van der Waals surface area contributed by atoms with Crippen molar-refractivity contribution in [2.45, 2.75) is 51.9 Å². The summed E-state index contributed by atoms with van der Waals surface area (Å²) in [7, 11) is 0. The second-order valence-corrected chi connectivity index (χ2v) is 3.88. The molecule has 0 saturated heterocycles. The van der Waals surface area contributed by atoms with Crippen LogP contribution in [0.2, 0.25) is 0 Å². The third kappa shape index (κ3) is 8.46. The van der Waals surface area contributed by atoms with Crippen molar-refractivity contribution in [3.05, 3.63) is 0 Å². The fourth-order valence-electron chi connectivity index (χ4n) is 1.47. The van der Waals surface area contributed by atoms with Gasteiger partial charge in [0.15, 0.2) is 0 Å². The number of nitrogens with one attached hydrogen (secondary N) is 3. The average molecular weight is 230 g/mol. The van der Waals surface area contributed by atoms with Crippen molar-refractivity contribution < 1.29 is 0 Å². The third-order valence-corrected chi connectivity index (χ3v) is 2.42. The minimum absolute atomic E-state index is 0.134. The van der Waals surface area contributed by atoms with Gasteiger partial charge in [-0.3, -0.25) is 11.3 Å². The van der Waals surface area contributed by atoms with E-state index in [4.69, 9.17) is 17.0 Å². The van der Waals surface area contributed by atoms with Gasteiger partial charge in [-0.05, 0) is 6.42 Å². The number of guanidine groups is 1. The average Bonchev–Trinajstić information content (AvgIpc) is 2.26. The van der Waals surface area contributed by atoms with Crippen LogP contribution in [0.25, 0.3) is 0 Å². The van der Waals surface area contributed by atoms with E-state index in [-0.39, 0.29) is 5.96 Å². The van der Waals surface area contributed by atoms with E-state index in [2.05, 4.69) is 17.9 Å². The lowest BCUT2D eigenvalue weighted by molar-refractivity contribution is 0.216. The predicted molar refractivity (Wildman–Crippen MR) is 67.1 cm³/mol. The highest BCUT2D eigenvalue weighted by molar-refractivity contribution is 5.73. The Labute approximate surface area is 98.2 Å². The first-order valence-electron chi connectivity index (χ1n) is 6.06. The number of rotatable bonds is 10. The summed E-state index contributed by atoms with van der Waals surface area (Å²) >= 11 is 0. The number of nitrogens with zero attached hydrogens (tertiary/aromatic N) is 1. The van der Waals surface area contributed by atoms with E-state index in [1.165, 1.54) is 43.6 Å². The molecule has 0 heterocycles. The van der Waals surface area contributed by atoms with Crippen LogP contribution < -0.4 is 22.5 Å². The van der Waals surface area contributed by atoms with Gasteiger partial charge in [-0.15, -0.1) is 0 Å². The molecule has 0 saturated carbocycles. The van der Waals surface area contributed by atoms with Crippen molar-refractivity contribution in [1.82, 2.24) is 16.1 Å². The van der Waals surface area contributed by atoms with Gasteiger partial charge in [-0.1, -0.05) is 45.4 Å². The highest BCUT2D eigenvalue weighted by atomic mass is 15.8. The molecule has 0 amide bonds. The molecular formula is C10H26N6. The van der Waals surface area contributed by atoms with Crippen molar-refractivity contribution in [3.63, 3.8) is 0 Å². The zero-order valence-electron chi connectivity index (χ0n) is 10.3. The van der Waals surface area contributed by atoms with Crippen molar-refractivity contribution >= 4 is 5.96 Å². The Morgan fingerprint density at radius 3 is 2.19 bits per heavy atom. The molecule has 0 aliphatic heterocycles. The molecule has 0 rings (SSSR count). The van der Waals surface area contributed by atoms with Gasteiger partial charge < -0.3 is 5.73 Å². The molecular weight excluding hydrogens is 204 g/mol. The van der Waals surface area contributed by atoms with Crippen molar-refractivity contribution in [2.24, 2.45) is 11.6 Å². The smallest absolute Gasteiger partial charge is 0.219 e. The number of hydrogen-bond acceptors (Lipinski definition) is 4. The Morgan fingerprint density at radius 1 is 1.12 bits per heavy atom. The van der Waals surface area contributed by atoms with E-state index in [9.17, 15) is 0 Å². The summed E-state index contributed by atoms with van der Waals surface area (Å²) in [6.07, 6.45) is 8.83. The van der Waals surface area contributed by atoms with Crippen LogP contribution in [-0.4, -0.2) is 17.6 Å². The summed E-state index contributed by atoms with van der Waals surface area (Å²) in [5.41, 5.74) is 10.5. The largest absolute Gasteiger partial charge is 0.368 e. The third-order valence-electron chi connectivity index (χ3n) is 2.42. The molecule has 0 aromatic carbocycles. The van der Waals surface area contributed by atoms with Gasteiger partial charge >= 0.3 is 0 Å². The number of hydrogen-bond donors (Lipinski definition) is 5. The zero-order chi connectivity index (χ0) is 12.2. The lowest BCUT2D eigenvalue weighted by Crippen LogP contribution is -2.57. The quantitative estimate of drug-likeness (QED) is 0.126. The molecule has 0 aromatic rings. The molecule has 0 aliphatic carbocycles. The molecule has 0 atom stereocenters. The predicted octanol–water partition coefficient (Wildman–Crippen LogP) is 0.815. The van der Waals surface area contributed by atoms with E-state index in [0.717, 1.165) is 13.0 Å². The molecule has 0 aliphatic rings. The molecule has 0 fully saturated rings. The van der Waals surface area contributed by atoms with Crippen molar-refractivity contribution in [3.8, 4) is 0 Å². The first kappa shape index (κ1) is 15.2. The van der Waals surface area contributed by atoms with E-state index in [1.54, 1.807) is 0 Å². The molecule has 0 unspecified atom stereocenters. The Bertz CT molecular complexity index is 173. The van der Waals surface area contributed by atoms with Crippen LogP contribution in [0.3, 0.4) is 0 Å². The summed E-state index contributed by atoms with van der Waals surface area (Å²) in [4.78, 5) is 0. The lowest BCUT2D eigenvalue weighted by Gasteiger charge is -2.20. The van der Waals surface area contributed by atoms with E-state index in [0.29, 0.717) is 0 Å². The van der Waals surface area contributed by atoms with Crippen LogP contribution in [0, 0.1) is 5.41 Å². The first-order valence-corrected chi connectivity index (χ1v) is 6.06. The van der Waals surface area contributed by atoms with E-state index < -0.39 is 0 Å². The molecule has 0 spiro atoms. The second kappa shape index (κ2) is 10.7. The molecule has 0 radical (unpaired) electrons. The highest BCUT2D eigenvalue weighted by Crippen LogP contribution is 2.06. The van der Waals surface area contributed by atoms with Gasteiger partial charge in [-0.25, -0.2) is 5.43 Å². The van der Waals surface area contributed by atoms with Gasteiger partial charge in [0, 0.05) is 6.54 Å². The molecule has 6 heteroatoms. The standard InChI is InChI=1S/C10H26N6/c1-2-3-4-5-6-7-8-9-14-16(15-13)10(11)12/h14-15H,2-9,13H2,1H3,(H3,11,12). The summed E-state index contributed by atoms with van der Waals surface area (Å²) in [6.45, 7) is 3.00. The SMILES string of the molecule is CCCCCCCCCNN(NN)C(=N)N. The minimum atomic E-state index is -0.134. The van der Waals surface area contributed by atoms with Crippen LogP contribution in [0.5, 0.6) is 0 Å². The molecule has 0 bridgehead atoms. The number of hydrazine groups is 3. The topological polar surface area (TPSA) is 103 Å². The zero-order valence-corrected chi connectivity index (χ0v) is 10.3. The highest BCUT2D eigenvalue weighted by Gasteiger charge is 2.01. The van der Waals surface area contributed by atoms with Crippen molar-refractivity contribution in [1.29, 1.82) is 5.41 Å². The Morgan fingerprint density at radius 2 is 1.69 bits per heavy atom. The number of nitrogens with two attached hydrogens (primary N) is 2. The Hall–Kier alpha value is -0.850. The molecule has 96 valence electrons. The van der Waals surface area contributed by atoms with Crippen LogP contribution in [0.4, 0.5) is 0 Å². The van der Waals surface area contributed by atoms with Crippen LogP contribution in [0.15, 0.2) is 0 Å². The van der Waals surface area contributed by atoms with Crippen LogP contribution >= 0.6 is 0 Å². The van der Waals surface area contributed by atoms with Crippen LogP contribution in [0.1, 0.15) is 51.9 Å². The number of unbranched alkanes of at least 4 members (excludes halogenated alkanes) is 6. The van der Waals surface area contributed by atoms with Gasteiger partial charge in [0.05, 0.1) is 0 Å². The molecule has 6 nitrogen and oxygen atoms in total. The van der Waals surface area contributed by atoms with Crippen LogP contribution in [-0.2, 0) is 0 Å². The van der Waals surface area contributed by atoms with Gasteiger partial charge in [0.2, 0.25) is 5.96 Å². The molecule has 0 aromatic heterocycles. The maximum absolute atomic E-state index is 7.14. The fourth-order valence-corrected chi connectivity index (χ4v) is 1.47. The minimum Gasteiger partial charge on any atom is -0.368 e. The second-order valence-electron chi connectivity index (χ2n) is 3.88. The maximum atomic E-state index is 7.14. The van der Waals surface area contributed by atoms with E-state index in [1.807, 2.05) is 0 Å². The normalized spacial score (nSPS) is 10.4. The lowest BCUT2D eigenvalue weighted by atomic mass is 10.1. The van der Waals surface area contributed by atoms with Crippen molar-refractivity contribution in [2.75, 3.05) is 6.54 Å². The fraction of sp³-hybridized carbons (Fsp3) is 0.900.